The lowest BCUT2D eigenvalue weighted by atomic mass is 10.1. The number of anilines is 2. The Hall–Kier alpha value is -4.17. The van der Waals surface area contributed by atoms with Crippen LogP contribution in [0.3, 0.4) is 0 Å². The van der Waals surface area contributed by atoms with Crippen LogP contribution in [0.2, 0.25) is 5.02 Å². The zero-order valence-electron chi connectivity index (χ0n) is 19.5. The fourth-order valence-electron chi connectivity index (χ4n) is 4.39. The van der Waals surface area contributed by atoms with E-state index in [1.807, 2.05) is 12.1 Å². The third kappa shape index (κ3) is 4.09. The summed E-state index contributed by atoms with van der Waals surface area (Å²) in [5.41, 5.74) is 2.27. The molecular weight excluding hydrogens is 482 g/mol. The third-order valence-corrected chi connectivity index (χ3v) is 6.49. The van der Waals surface area contributed by atoms with Gasteiger partial charge >= 0.3 is 0 Å². The highest BCUT2D eigenvalue weighted by Crippen LogP contribution is 2.37. The number of fused-ring (bicyclic) bond motifs is 2. The number of nitrogens with one attached hydrogen (secondary N) is 1. The summed E-state index contributed by atoms with van der Waals surface area (Å²) in [7, 11) is 0. The second-order valence-electron chi connectivity index (χ2n) is 8.69. The molecule has 2 unspecified atom stereocenters. The minimum atomic E-state index is -1.05. The molecule has 182 valence electrons. The molecule has 0 radical (unpaired) electrons. The Morgan fingerprint density at radius 2 is 1.69 bits per heavy atom. The standard InChI is InChI=1S/C27H22ClN3O5/c1-15(31-26(34)20-8-3-4-9-21(20)27(31)35)24(32)29-19-10-11-23-22(13-19)30(25(33)16(2)36-23)14-17-6-5-7-18(28)12-17/h3-13,15-16H,14H2,1-2H3,(H,29,32). The third-order valence-electron chi connectivity index (χ3n) is 6.26. The van der Waals surface area contributed by atoms with Gasteiger partial charge in [-0.15, -0.1) is 0 Å². The van der Waals surface area contributed by atoms with Gasteiger partial charge in [-0.05, 0) is 61.9 Å². The maximum absolute atomic E-state index is 13.1. The van der Waals surface area contributed by atoms with Gasteiger partial charge in [-0.25, -0.2) is 0 Å². The molecule has 0 saturated heterocycles. The van der Waals surface area contributed by atoms with Gasteiger partial charge in [-0.2, -0.15) is 0 Å². The van der Waals surface area contributed by atoms with Crippen LogP contribution in [0.5, 0.6) is 5.75 Å². The number of carbonyl (C=O) groups is 4. The number of imide groups is 1. The molecular formula is C27H22ClN3O5. The minimum Gasteiger partial charge on any atom is -0.479 e. The van der Waals surface area contributed by atoms with Crippen molar-refractivity contribution in [1.29, 1.82) is 0 Å². The van der Waals surface area contributed by atoms with Crippen LogP contribution in [0, 0.1) is 0 Å². The lowest BCUT2D eigenvalue weighted by molar-refractivity contribution is -0.125. The zero-order valence-corrected chi connectivity index (χ0v) is 20.3. The Bertz CT molecular complexity index is 1390. The van der Waals surface area contributed by atoms with Gasteiger partial charge in [0.2, 0.25) is 5.91 Å². The molecule has 4 amide bonds. The van der Waals surface area contributed by atoms with E-state index in [1.54, 1.807) is 66.4 Å². The van der Waals surface area contributed by atoms with Crippen LogP contribution in [0.25, 0.3) is 0 Å². The highest BCUT2D eigenvalue weighted by atomic mass is 35.5. The van der Waals surface area contributed by atoms with Crippen molar-refractivity contribution in [2.45, 2.75) is 32.5 Å². The summed E-state index contributed by atoms with van der Waals surface area (Å²) >= 11 is 6.12. The van der Waals surface area contributed by atoms with E-state index in [0.717, 1.165) is 10.5 Å². The van der Waals surface area contributed by atoms with Crippen molar-refractivity contribution in [3.8, 4) is 5.75 Å². The lowest BCUT2D eigenvalue weighted by Crippen LogP contribution is -2.45. The monoisotopic (exact) mass is 503 g/mol. The SMILES string of the molecule is CC1Oc2ccc(NC(=O)C(C)N3C(=O)c4ccccc4C3=O)cc2N(Cc2cccc(Cl)c2)C1=O. The topological polar surface area (TPSA) is 96.0 Å². The molecule has 0 aromatic heterocycles. The molecule has 2 aliphatic heterocycles. The van der Waals surface area contributed by atoms with Crippen molar-refractivity contribution in [3.63, 3.8) is 0 Å². The molecule has 0 fully saturated rings. The molecule has 0 aliphatic carbocycles. The maximum atomic E-state index is 13.1. The van der Waals surface area contributed by atoms with Crippen molar-refractivity contribution >= 4 is 46.6 Å². The summed E-state index contributed by atoms with van der Waals surface area (Å²) in [4.78, 5) is 54.1. The number of benzene rings is 3. The second kappa shape index (κ2) is 9.13. The fourth-order valence-corrected chi connectivity index (χ4v) is 4.60. The molecule has 2 atom stereocenters. The Morgan fingerprint density at radius 1 is 1.00 bits per heavy atom. The van der Waals surface area contributed by atoms with Gasteiger partial charge in [-0.1, -0.05) is 35.9 Å². The van der Waals surface area contributed by atoms with E-state index in [9.17, 15) is 19.2 Å². The van der Waals surface area contributed by atoms with Crippen LogP contribution in [0.15, 0.2) is 66.7 Å². The quantitative estimate of drug-likeness (QED) is 0.524. The number of carbonyl (C=O) groups excluding carboxylic acids is 4. The van der Waals surface area contributed by atoms with Gasteiger partial charge in [0.1, 0.15) is 11.8 Å². The van der Waals surface area contributed by atoms with Crippen molar-refractivity contribution in [1.82, 2.24) is 4.90 Å². The average Bonchev–Trinajstić information content (AvgIpc) is 3.12. The van der Waals surface area contributed by atoms with Crippen LogP contribution in [0.1, 0.15) is 40.1 Å². The van der Waals surface area contributed by atoms with Gasteiger partial charge in [-0.3, -0.25) is 24.1 Å². The smallest absolute Gasteiger partial charge is 0.268 e. The number of rotatable bonds is 5. The number of nitrogens with zero attached hydrogens (tertiary/aromatic N) is 2. The van der Waals surface area contributed by atoms with Gasteiger partial charge < -0.3 is 15.0 Å². The average molecular weight is 504 g/mol. The molecule has 1 N–H and O–H groups in total. The number of ether oxygens (including phenoxy) is 1. The Kier molecular flexibility index (Phi) is 5.97. The zero-order chi connectivity index (χ0) is 25.6. The van der Waals surface area contributed by atoms with E-state index >= 15 is 0 Å². The number of halogens is 1. The van der Waals surface area contributed by atoms with Crippen molar-refractivity contribution in [3.05, 3.63) is 88.4 Å². The fraction of sp³-hybridized carbons (Fsp3) is 0.185. The predicted octanol–water partition coefficient (Wildman–Crippen LogP) is 4.28. The van der Waals surface area contributed by atoms with E-state index in [2.05, 4.69) is 5.32 Å². The summed E-state index contributed by atoms with van der Waals surface area (Å²) < 4.78 is 5.76. The molecule has 36 heavy (non-hydrogen) atoms. The summed E-state index contributed by atoms with van der Waals surface area (Å²) in [6.07, 6.45) is -0.675. The molecule has 0 saturated carbocycles. The van der Waals surface area contributed by atoms with Crippen LogP contribution in [-0.4, -0.2) is 40.7 Å². The van der Waals surface area contributed by atoms with Gasteiger partial charge in [0.25, 0.3) is 17.7 Å². The molecule has 9 heteroatoms. The van der Waals surface area contributed by atoms with Crippen molar-refractivity contribution in [2.75, 3.05) is 10.2 Å². The maximum Gasteiger partial charge on any atom is 0.268 e. The first-order valence-electron chi connectivity index (χ1n) is 11.4. The lowest BCUT2D eigenvalue weighted by Gasteiger charge is -2.33. The molecule has 5 rings (SSSR count). The highest BCUT2D eigenvalue weighted by Gasteiger charge is 2.40. The number of amides is 4. The van der Waals surface area contributed by atoms with E-state index in [4.69, 9.17) is 16.3 Å². The molecule has 8 nitrogen and oxygen atoms in total. The number of hydrogen-bond donors (Lipinski definition) is 1. The van der Waals surface area contributed by atoms with Crippen molar-refractivity contribution < 1.29 is 23.9 Å². The van der Waals surface area contributed by atoms with Crippen LogP contribution >= 0.6 is 11.6 Å². The largest absolute Gasteiger partial charge is 0.479 e. The summed E-state index contributed by atoms with van der Waals surface area (Å²) in [6.45, 7) is 3.44. The van der Waals surface area contributed by atoms with Crippen molar-refractivity contribution in [2.24, 2.45) is 0 Å². The van der Waals surface area contributed by atoms with Gasteiger partial charge in [0.15, 0.2) is 6.10 Å². The number of hydrogen-bond acceptors (Lipinski definition) is 5. The first-order valence-corrected chi connectivity index (χ1v) is 11.8. The molecule has 2 aliphatic rings. The predicted molar refractivity (Wildman–Crippen MR) is 134 cm³/mol. The molecule has 2 heterocycles. The summed E-state index contributed by atoms with van der Waals surface area (Å²) in [5.74, 6) is -1.29. The first kappa shape index (κ1) is 23.6. The van der Waals surface area contributed by atoms with Crippen LogP contribution in [0.4, 0.5) is 11.4 Å². The highest BCUT2D eigenvalue weighted by molar-refractivity contribution is 6.30. The van der Waals surface area contributed by atoms with E-state index in [-0.39, 0.29) is 23.6 Å². The van der Waals surface area contributed by atoms with Gasteiger partial charge in [0.05, 0.1) is 23.4 Å². The van der Waals surface area contributed by atoms with E-state index < -0.39 is 29.9 Å². The summed E-state index contributed by atoms with van der Waals surface area (Å²) in [6, 6.07) is 17.6. The normalized spacial score (nSPS) is 17.4. The van der Waals surface area contributed by atoms with Crippen LogP contribution in [-0.2, 0) is 16.1 Å². The van der Waals surface area contributed by atoms with Gasteiger partial charge in [0, 0.05) is 10.7 Å². The Morgan fingerprint density at radius 3 is 2.36 bits per heavy atom. The first-order chi connectivity index (χ1) is 17.2. The Balaban J connectivity index is 1.39. The van der Waals surface area contributed by atoms with E-state index in [0.29, 0.717) is 22.1 Å². The molecule has 3 aromatic rings. The molecule has 3 aromatic carbocycles. The minimum absolute atomic E-state index is 0.231. The Labute approximate surface area is 212 Å². The van der Waals surface area contributed by atoms with E-state index in [1.165, 1.54) is 6.92 Å². The molecule has 0 spiro atoms. The van der Waals surface area contributed by atoms with Crippen LogP contribution < -0.4 is 15.0 Å². The molecule has 0 bridgehead atoms. The summed E-state index contributed by atoms with van der Waals surface area (Å²) in [5, 5.41) is 3.32. The second-order valence-corrected chi connectivity index (χ2v) is 9.12.